The Morgan fingerprint density at radius 3 is 2.16 bits per heavy atom. The number of hydrogen-bond donors (Lipinski definition) is 1. The second-order valence-electron chi connectivity index (χ2n) is 10.6. The minimum absolute atomic E-state index is 0.185. The molecular weight excluding hydrogens is 409 g/mol. The molecule has 2 aliphatic rings. The molecule has 1 N–H and O–H groups in total. The van der Waals surface area contributed by atoms with Gasteiger partial charge in [0.1, 0.15) is 12.1 Å². The first-order chi connectivity index (χ1) is 14.8. The number of quaternary nitrogens is 1. The maximum Gasteiger partial charge on any atom is 0.472 e. The van der Waals surface area contributed by atoms with E-state index in [-0.39, 0.29) is 12.1 Å². The Balaban J connectivity index is 1.43. The Hall–Kier alpha value is -0.190. The highest BCUT2D eigenvalue weighted by molar-refractivity contribution is 7.47. The molecule has 0 aromatic heterocycles. The largest absolute Gasteiger partial charge is 0.472 e. The van der Waals surface area contributed by atoms with Crippen molar-refractivity contribution in [3.05, 3.63) is 11.6 Å². The Morgan fingerprint density at radius 2 is 1.52 bits per heavy atom. The number of hydrogen-bond acceptors (Lipinski definition) is 3. The summed E-state index contributed by atoms with van der Waals surface area (Å²) in [7, 11) is 2.40. The Kier molecular flexibility index (Phi) is 12.4. The number of phosphoric ester groups is 1. The topological polar surface area (TPSA) is 55.8 Å². The van der Waals surface area contributed by atoms with Gasteiger partial charge in [0, 0.05) is 6.42 Å². The third-order valence-corrected chi connectivity index (χ3v) is 8.01. The molecule has 2 fully saturated rings. The van der Waals surface area contributed by atoms with Crippen LogP contribution in [0.25, 0.3) is 0 Å². The number of nitrogens with zero attached hydrogens (tertiary/aromatic N) is 1. The van der Waals surface area contributed by atoms with E-state index in [0.717, 1.165) is 36.6 Å². The van der Waals surface area contributed by atoms with Crippen LogP contribution in [0.4, 0.5) is 0 Å². The number of rotatable bonds is 15. The fourth-order valence-electron chi connectivity index (χ4n) is 5.12. The molecule has 0 saturated heterocycles. The van der Waals surface area contributed by atoms with E-state index >= 15 is 0 Å². The summed E-state index contributed by atoms with van der Waals surface area (Å²) in [6.07, 6.45) is 23.0. The van der Waals surface area contributed by atoms with Gasteiger partial charge in [0.2, 0.25) is 0 Å². The highest BCUT2D eigenvalue weighted by atomic mass is 31.2. The summed E-state index contributed by atoms with van der Waals surface area (Å²) in [4.78, 5) is 10.1. The highest BCUT2D eigenvalue weighted by Crippen LogP contribution is 2.48. The van der Waals surface area contributed by atoms with Crippen molar-refractivity contribution in [3.63, 3.8) is 0 Å². The predicted octanol–water partition coefficient (Wildman–Crippen LogP) is 7.15. The molecule has 2 saturated carbocycles. The zero-order valence-electron chi connectivity index (χ0n) is 20.5. The van der Waals surface area contributed by atoms with Crippen molar-refractivity contribution in [2.24, 2.45) is 0 Å². The SMILES string of the molecule is C[N+](C)(C)[C@@H]1CCC[C@H]1OP(=O)(O)OCCCCCCCCCCC=C1CCCCC1. The van der Waals surface area contributed by atoms with Crippen molar-refractivity contribution in [1.29, 1.82) is 0 Å². The molecule has 0 aromatic rings. The molecule has 0 aliphatic heterocycles. The van der Waals surface area contributed by atoms with Crippen LogP contribution in [0.1, 0.15) is 109 Å². The molecule has 3 atom stereocenters. The van der Waals surface area contributed by atoms with Gasteiger partial charge in [-0.1, -0.05) is 56.6 Å². The van der Waals surface area contributed by atoms with Gasteiger partial charge >= 0.3 is 7.82 Å². The van der Waals surface area contributed by atoms with Gasteiger partial charge in [-0.15, -0.1) is 0 Å². The first-order valence-corrected chi connectivity index (χ1v) is 14.4. The summed E-state index contributed by atoms with van der Waals surface area (Å²) < 4.78 is 23.8. The molecule has 0 amide bonds. The predicted molar refractivity (Wildman–Crippen MR) is 129 cm³/mol. The summed E-state index contributed by atoms with van der Waals surface area (Å²) >= 11 is 0. The number of unbranched alkanes of at least 4 members (excludes halogenated alkanes) is 8. The average Bonchev–Trinajstić information content (AvgIpc) is 3.17. The van der Waals surface area contributed by atoms with Crippen LogP contribution in [0.3, 0.4) is 0 Å². The first kappa shape index (κ1) is 27.1. The zero-order chi connectivity index (χ0) is 22.6. The van der Waals surface area contributed by atoms with Crippen molar-refractivity contribution in [1.82, 2.24) is 0 Å². The number of allylic oxidation sites excluding steroid dienone is 2. The van der Waals surface area contributed by atoms with Gasteiger partial charge in [0.05, 0.1) is 27.7 Å². The van der Waals surface area contributed by atoms with Gasteiger partial charge in [-0.25, -0.2) is 4.57 Å². The smallest absolute Gasteiger partial charge is 0.326 e. The van der Waals surface area contributed by atoms with Gasteiger partial charge < -0.3 is 9.38 Å². The van der Waals surface area contributed by atoms with Crippen molar-refractivity contribution in [3.8, 4) is 0 Å². The molecule has 0 heterocycles. The zero-order valence-corrected chi connectivity index (χ0v) is 21.4. The fraction of sp³-hybridized carbons (Fsp3) is 0.920. The standard InChI is InChI=1S/C25H48NO4P/c1-26(2,3)24-20-16-21-25(24)30-31(27,28)29-22-15-10-8-6-4-5-7-9-12-17-23-18-13-11-14-19-23/h17,24-25H,4-16,18-22H2,1-3H3/p+1/t24-,25-/m1/s1. The van der Waals surface area contributed by atoms with E-state index in [1.807, 2.05) is 0 Å². The lowest BCUT2D eigenvalue weighted by Gasteiger charge is -2.35. The van der Waals surface area contributed by atoms with Gasteiger partial charge in [-0.05, 0) is 57.8 Å². The lowest BCUT2D eigenvalue weighted by molar-refractivity contribution is -0.898. The van der Waals surface area contributed by atoms with Crippen LogP contribution in [0.15, 0.2) is 11.6 Å². The van der Waals surface area contributed by atoms with E-state index in [1.165, 1.54) is 77.0 Å². The minimum Gasteiger partial charge on any atom is -0.326 e. The van der Waals surface area contributed by atoms with Crippen molar-refractivity contribution in [2.75, 3.05) is 27.7 Å². The lowest BCUT2D eigenvalue weighted by Crippen LogP contribution is -2.49. The van der Waals surface area contributed by atoms with Crippen molar-refractivity contribution in [2.45, 2.75) is 121 Å². The molecule has 1 unspecified atom stereocenters. The molecule has 5 nitrogen and oxygen atoms in total. The van der Waals surface area contributed by atoms with E-state index in [2.05, 4.69) is 27.2 Å². The van der Waals surface area contributed by atoms with Gasteiger partial charge in [0.25, 0.3) is 0 Å². The molecule has 0 radical (unpaired) electrons. The van der Waals surface area contributed by atoms with E-state index in [9.17, 15) is 9.46 Å². The quantitative estimate of drug-likeness (QED) is 0.123. The van der Waals surface area contributed by atoms with E-state index in [4.69, 9.17) is 9.05 Å². The molecule has 31 heavy (non-hydrogen) atoms. The maximum atomic E-state index is 12.3. The Labute approximate surface area is 191 Å². The third-order valence-electron chi connectivity index (χ3n) is 6.96. The second-order valence-corrected chi connectivity index (χ2v) is 12.0. The number of phosphoric acid groups is 1. The minimum atomic E-state index is -3.95. The van der Waals surface area contributed by atoms with Gasteiger partial charge in [-0.3, -0.25) is 9.05 Å². The van der Waals surface area contributed by atoms with Gasteiger partial charge in [-0.2, -0.15) is 0 Å². The van der Waals surface area contributed by atoms with Crippen LogP contribution in [-0.2, 0) is 13.6 Å². The van der Waals surface area contributed by atoms with Crippen LogP contribution in [0.5, 0.6) is 0 Å². The van der Waals surface area contributed by atoms with Gasteiger partial charge in [0.15, 0.2) is 0 Å². The Bertz CT molecular complexity index is 564. The van der Waals surface area contributed by atoms with Crippen molar-refractivity contribution >= 4 is 7.82 Å². The molecule has 6 heteroatoms. The molecular formula is C25H49NO4P+. The summed E-state index contributed by atoms with van der Waals surface area (Å²) in [5.41, 5.74) is 1.71. The molecule has 0 bridgehead atoms. The summed E-state index contributed by atoms with van der Waals surface area (Å²) in [5.74, 6) is 0. The van der Waals surface area contributed by atoms with E-state index < -0.39 is 7.82 Å². The molecule has 0 aromatic carbocycles. The average molecular weight is 459 g/mol. The van der Waals surface area contributed by atoms with E-state index in [0.29, 0.717) is 6.61 Å². The maximum absolute atomic E-state index is 12.3. The third kappa shape index (κ3) is 11.5. The molecule has 2 rings (SSSR count). The molecule has 2 aliphatic carbocycles. The second kappa shape index (κ2) is 14.2. The Morgan fingerprint density at radius 1 is 0.903 bits per heavy atom. The van der Waals surface area contributed by atoms with Crippen LogP contribution in [0, 0.1) is 0 Å². The van der Waals surface area contributed by atoms with Crippen LogP contribution in [-0.4, -0.2) is 49.3 Å². The van der Waals surface area contributed by atoms with E-state index in [1.54, 1.807) is 5.57 Å². The monoisotopic (exact) mass is 458 g/mol. The molecule has 0 spiro atoms. The number of likely N-dealkylation sites (N-methyl/N-ethyl adjacent to an activating group) is 1. The summed E-state index contributed by atoms with van der Waals surface area (Å²) in [6.45, 7) is 0.310. The first-order valence-electron chi connectivity index (χ1n) is 12.9. The van der Waals surface area contributed by atoms with Crippen LogP contribution < -0.4 is 0 Å². The highest BCUT2D eigenvalue weighted by Gasteiger charge is 2.42. The summed E-state index contributed by atoms with van der Waals surface area (Å²) in [5, 5.41) is 0. The normalized spacial score (nSPS) is 24.3. The molecule has 182 valence electrons. The fourth-order valence-corrected chi connectivity index (χ4v) is 6.13. The summed E-state index contributed by atoms with van der Waals surface area (Å²) in [6, 6.07) is 0.257. The van der Waals surface area contributed by atoms with Crippen LogP contribution >= 0.6 is 7.82 Å². The lowest BCUT2D eigenvalue weighted by atomic mass is 9.94. The van der Waals surface area contributed by atoms with Crippen LogP contribution in [0.2, 0.25) is 0 Å². The van der Waals surface area contributed by atoms with Crippen molar-refractivity contribution < 1.29 is 23.0 Å².